The Morgan fingerprint density at radius 2 is 1.85 bits per heavy atom. The van der Waals surface area contributed by atoms with Gasteiger partial charge in [-0.3, -0.25) is 4.99 Å². The first kappa shape index (κ1) is 17.5. The SMILES string of the molecule is COc1ccc(-n2cc(C=Nc3cc(C(=O)O)ccc3C)cc2C)cc1. The molecule has 3 rings (SSSR count). The van der Waals surface area contributed by atoms with Crippen LogP contribution in [-0.2, 0) is 0 Å². The summed E-state index contributed by atoms with van der Waals surface area (Å²) in [6, 6.07) is 14.8. The van der Waals surface area contributed by atoms with Crippen molar-refractivity contribution in [3.05, 3.63) is 77.1 Å². The number of carboxylic acid groups (broad SMARTS) is 1. The van der Waals surface area contributed by atoms with Crippen LogP contribution >= 0.6 is 0 Å². The molecule has 5 heteroatoms. The maximum absolute atomic E-state index is 11.1. The number of methoxy groups -OCH3 is 1. The smallest absolute Gasteiger partial charge is 0.335 e. The van der Waals surface area contributed by atoms with Crippen LogP contribution in [0.2, 0.25) is 0 Å². The van der Waals surface area contributed by atoms with Gasteiger partial charge in [0.05, 0.1) is 18.4 Å². The highest BCUT2D eigenvalue weighted by atomic mass is 16.5. The number of benzene rings is 2. The highest BCUT2D eigenvalue weighted by Gasteiger charge is 2.06. The summed E-state index contributed by atoms with van der Waals surface area (Å²) in [7, 11) is 1.64. The molecule has 26 heavy (non-hydrogen) atoms. The molecule has 0 atom stereocenters. The molecular weight excluding hydrogens is 328 g/mol. The molecule has 0 saturated carbocycles. The first-order valence-corrected chi connectivity index (χ1v) is 8.19. The van der Waals surface area contributed by atoms with Gasteiger partial charge in [-0.1, -0.05) is 6.07 Å². The van der Waals surface area contributed by atoms with Gasteiger partial charge in [0, 0.05) is 29.4 Å². The van der Waals surface area contributed by atoms with E-state index >= 15 is 0 Å². The molecule has 5 nitrogen and oxygen atoms in total. The third-order valence-corrected chi connectivity index (χ3v) is 4.19. The summed E-state index contributed by atoms with van der Waals surface area (Å²) >= 11 is 0. The highest BCUT2D eigenvalue weighted by molar-refractivity contribution is 5.90. The normalized spacial score (nSPS) is 11.0. The van der Waals surface area contributed by atoms with Crippen molar-refractivity contribution in [3.8, 4) is 11.4 Å². The van der Waals surface area contributed by atoms with Gasteiger partial charge in [-0.2, -0.15) is 0 Å². The summed E-state index contributed by atoms with van der Waals surface area (Å²) in [5.41, 5.74) is 4.87. The van der Waals surface area contributed by atoms with E-state index in [0.29, 0.717) is 5.69 Å². The maximum atomic E-state index is 11.1. The van der Waals surface area contributed by atoms with Gasteiger partial charge in [-0.25, -0.2) is 4.79 Å². The second kappa shape index (κ2) is 7.27. The second-order valence-corrected chi connectivity index (χ2v) is 6.05. The Hall–Kier alpha value is -3.34. The van der Waals surface area contributed by atoms with Crippen molar-refractivity contribution in [1.82, 2.24) is 4.57 Å². The number of carbonyl (C=O) groups is 1. The second-order valence-electron chi connectivity index (χ2n) is 6.05. The van der Waals surface area contributed by atoms with E-state index in [1.165, 1.54) is 0 Å². The van der Waals surface area contributed by atoms with Gasteiger partial charge in [0.2, 0.25) is 0 Å². The molecule has 0 fully saturated rings. The van der Waals surface area contributed by atoms with Crippen LogP contribution < -0.4 is 4.74 Å². The van der Waals surface area contributed by atoms with E-state index in [9.17, 15) is 4.79 Å². The number of hydrogen-bond acceptors (Lipinski definition) is 3. The number of aliphatic imine (C=N–C) groups is 1. The van der Waals surface area contributed by atoms with Gasteiger partial charge in [-0.05, 0) is 61.9 Å². The molecule has 0 radical (unpaired) electrons. The predicted octanol–water partition coefficient (Wildman–Crippen LogP) is 4.55. The molecule has 0 amide bonds. The summed E-state index contributed by atoms with van der Waals surface area (Å²) in [5, 5.41) is 9.12. The summed E-state index contributed by atoms with van der Waals surface area (Å²) in [6.45, 7) is 3.93. The number of aromatic carboxylic acids is 1. The van der Waals surface area contributed by atoms with Gasteiger partial charge in [-0.15, -0.1) is 0 Å². The average Bonchev–Trinajstić information content (AvgIpc) is 3.01. The molecule has 0 spiro atoms. The monoisotopic (exact) mass is 348 g/mol. The lowest BCUT2D eigenvalue weighted by Crippen LogP contribution is -1.95. The number of hydrogen-bond donors (Lipinski definition) is 1. The minimum absolute atomic E-state index is 0.231. The van der Waals surface area contributed by atoms with Crippen LogP contribution in [-0.4, -0.2) is 29.0 Å². The van der Waals surface area contributed by atoms with Crippen LogP contribution in [0.1, 0.15) is 27.2 Å². The minimum atomic E-state index is -0.956. The zero-order chi connectivity index (χ0) is 18.7. The van der Waals surface area contributed by atoms with Gasteiger partial charge >= 0.3 is 5.97 Å². The molecule has 0 bridgehead atoms. The van der Waals surface area contributed by atoms with Gasteiger partial charge < -0.3 is 14.4 Å². The molecule has 0 aliphatic rings. The summed E-state index contributed by atoms with van der Waals surface area (Å²) < 4.78 is 7.26. The van der Waals surface area contributed by atoms with E-state index in [1.807, 2.05) is 50.4 Å². The standard InChI is InChI=1S/C21H20N2O3/c1-14-4-5-17(21(24)25)11-20(14)22-12-16-10-15(2)23(13-16)18-6-8-19(26-3)9-7-18/h4-13H,1-3H3,(H,24,25). The van der Waals surface area contributed by atoms with Crippen LogP contribution in [0.4, 0.5) is 5.69 Å². The average molecular weight is 348 g/mol. The van der Waals surface area contributed by atoms with E-state index in [0.717, 1.165) is 28.3 Å². The largest absolute Gasteiger partial charge is 0.497 e. The van der Waals surface area contributed by atoms with Gasteiger partial charge in [0.15, 0.2) is 0 Å². The van der Waals surface area contributed by atoms with E-state index < -0.39 is 5.97 Å². The number of rotatable bonds is 5. The third-order valence-electron chi connectivity index (χ3n) is 4.19. The molecule has 1 N–H and O–H groups in total. The Kier molecular flexibility index (Phi) is 4.89. The van der Waals surface area contributed by atoms with Gasteiger partial charge in [0.25, 0.3) is 0 Å². The first-order chi connectivity index (χ1) is 12.5. The number of aryl methyl sites for hydroxylation is 2. The molecule has 0 unspecified atom stereocenters. The zero-order valence-corrected chi connectivity index (χ0v) is 14.9. The Morgan fingerprint density at radius 1 is 1.12 bits per heavy atom. The topological polar surface area (TPSA) is 63.8 Å². The van der Waals surface area contributed by atoms with Crippen molar-refractivity contribution < 1.29 is 14.6 Å². The Labute approximate surface area is 152 Å². The molecule has 1 heterocycles. The lowest BCUT2D eigenvalue weighted by Gasteiger charge is -2.06. The fraction of sp³-hybridized carbons (Fsp3) is 0.143. The summed E-state index contributed by atoms with van der Waals surface area (Å²) in [6.07, 6.45) is 3.75. The fourth-order valence-corrected chi connectivity index (χ4v) is 2.72. The summed E-state index contributed by atoms with van der Waals surface area (Å²) in [5.74, 6) is -0.142. The first-order valence-electron chi connectivity index (χ1n) is 8.19. The quantitative estimate of drug-likeness (QED) is 0.688. The Morgan fingerprint density at radius 3 is 2.50 bits per heavy atom. The molecule has 2 aromatic carbocycles. The third kappa shape index (κ3) is 3.67. The van der Waals surface area contributed by atoms with Crippen molar-refractivity contribution >= 4 is 17.9 Å². The highest BCUT2D eigenvalue weighted by Crippen LogP contribution is 2.22. The minimum Gasteiger partial charge on any atom is -0.497 e. The van der Waals surface area contributed by atoms with Crippen LogP contribution in [0.15, 0.2) is 59.7 Å². The van der Waals surface area contributed by atoms with Crippen LogP contribution in [0.3, 0.4) is 0 Å². The molecule has 132 valence electrons. The lowest BCUT2D eigenvalue weighted by atomic mass is 10.1. The van der Waals surface area contributed by atoms with Crippen LogP contribution in [0.5, 0.6) is 5.75 Å². The van der Waals surface area contributed by atoms with E-state index in [-0.39, 0.29) is 5.56 Å². The molecule has 1 aromatic heterocycles. The number of aromatic nitrogens is 1. The Bertz CT molecular complexity index is 969. The van der Waals surface area contributed by atoms with Crippen molar-refractivity contribution in [3.63, 3.8) is 0 Å². The molecule has 3 aromatic rings. The van der Waals surface area contributed by atoms with E-state index in [4.69, 9.17) is 9.84 Å². The van der Waals surface area contributed by atoms with E-state index in [1.54, 1.807) is 31.5 Å². The fourth-order valence-electron chi connectivity index (χ4n) is 2.72. The van der Waals surface area contributed by atoms with Crippen LogP contribution in [0, 0.1) is 13.8 Å². The Balaban J connectivity index is 1.88. The summed E-state index contributed by atoms with van der Waals surface area (Å²) in [4.78, 5) is 15.6. The lowest BCUT2D eigenvalue weighted by molar-refractivity contribution is 0.0697. The molecule has 0 aliphatic carbocycles. The number of ether oxygens (including phenoxy) is 1. The zero-order valence-electron chi connectivity index (χ0n) is 14.9. The van der Waals surface area contributed by atoms with Crippen molar-refractivity contribution in [2.75, 3.05) is 7.11 Å². The van der Waals surface area contributed by atoms with E-state index in [2.05, 4.69) is 9.56 Å². The molecular formula is C21H20N2O3. The van der Waals surface area contributed by atoms with Gasteiger partial charge in [0.1, 0.15) is 5.75 Å². The predicted molar refractivity (Wildman–Crippen MR) is 102 cm³/mol. The number of nitrogens with zero attached hydrogens (tertiary/aromatic N) is 2. The van der Waals surface area contributed by atoms with Crippen molar-refractivity contribution in [1.29, 1.82) is 0 Å². The van der Waals surface area contributed by atoms with Crippen LogP contribution in [0.25, 0.3) is 5.69 Å². The number of carboxylic acids is 1. The molecule has 0 saturated heterocycles. The molecule has 0 aliphatic heterocycles. The van der Waals surface area contributed by atoms with Crippen molar-refractivity contribution in [2.45, 2.75) is 13.8 Å². The maximum Gasteiger partial charge on any atom is 0.335 e. The van der Waals surface area contributed by atoms with Crippen molar-refractivity contribution in [2.24, 2.45) is 4.99 Å².